The maximum atomic E-state index is 12.5. The highest BCUT2D eigenvalue weighted by molar-refractivity contribution is 6.03. The summed E-state index contributed by atoms with van der Waals surface area (Å²) in [6.45, 7) is 4.18. The average Bonchev–Trinajstić information content (AvgIpc) is 2.62. The van der Waals surface area contributed by atoms with E-state index < -0.39 is 0 Å². The zero-order chi connectivity index (χ0) is 17.6. The lowest BCUT2D eigenvalue weighted by Gasteiger charge is -2.27. The van der Waals surface area contributed by atoms with E-state index in [2.05, 4.69) is 25.5 Å². The minimum absolute atomic E-state index is 0.172. The minimum atomic E-state index is -0.336. The summed E-state index contributed by atoms with van der Waals surface area (Å²) in [6.07, 6.45) is 1.38. The number of carbonyl (C=O) groups excluding carboxylic acids is 2. The van der Waals surface area contributed by atoms with Crippen LogP contribution in [0.5, 0.6) is 0 Å². The van der Waals surface area contributed by atoms with Crippen molar-refractivity contribution in [3.8, 4) is 0 Å². The fourth-order valence-electron chi connectivity index (χ4n) is 2.51. The highest BCUT2D eigenvalue weighted by Gasteiger charge is 2.15. The second-order valence-electron chi connectivity index (χ2n) is 5.58. The lowest BCUT2D eigenvalue weighted by Crippen LogP contribution is -2.37. The van der Waals surface area contributed by atoms with Crippen LogP contribution in [0.15, 0.2) is 36.7 Å². The molecule has 130 valence electrons. The third-order valence-electron chi connectivity index (χ3n) is 3.66. The number of carbonyl (C=O) groups is 2. The van der Waals surface area contributed by atoms with E-state index in [0.29, 0.717) is 30.4 Å². The Hall–Kier alpha value is -3.00. The van der Waals surface area contributed by atoms with Gasteiger partial charge in [0, 0.05) is 37.5 Å². The number of hydrogen-bond donors (Lipinski definition) is 2. The van der Waals surface area contributed by atoms with Crippen LogP contribution in [0.4, 0.5) is 17.2 Å². The van der Waals surface area contributed by atoms with Crippen LogP contribution in [-0.2, 0) is 9.53 Å². The number of rotatable bonds is 4. The van der Waals surface area contributed by atoms with Gasteiger partial charge in [0.05, 0.1) is 13.2 Å². The third kappa shape index (κ3) is 4.51. The first kappa shape index (κ1) is 16.8. The maximum absolute atomic E-state index is 12.5. The molecule has 0 aliphatic carbocycles. The van der Waals surface area contributed by atoms with E-state index in [-0.39, 0.29) is 17.5 Å². The van der Waals surface area contributed by atoms with Crippen LogP contribution in [0, 0.1) is 0 Å². The molecule has 0 unspecified atom stereocenters. The van der Waals surface area contributed by atoms with Crippen molar-refractivity contribution < 1.29 is 14.3 Å². The summed E-state index contributed by atoms with van der Waals surface area (Å²) in [5.74, 6) is 0.196. The number of anilines is 3. The first-order valence-corrected chi connectivity index (χ1v) is 7.95. The van der Waals surface area contributed by atoms with Crippen molar-refractivity contribution in [1.82, 2.24) is 9.97 Å². The zero-order valence-electron chi connectivity index (χ0n) is 13.9. The average molecular weight is 341 g/mol. The van der Waals surface area contributed by atoms with Crippen molar-refractivity contribution in [3.63, 3.8) is 0 Å². The number of amides is 2. The van der Waals surface area contributed by atoms with Gasteiger partial charge in [-0.15, -0.1) is 0 Å². The summed E-state index contributed by atoms with van der Waals surface area (Å²) in [7, 11) is 0. The Bertz CT molecular complexity index is 774. The fourth-order valence-corrected chi connectivity index (χ4v) is 2.51. The topological polar surface area (TPSA) is 96.5 Å². The Labute approximate surface area is 145 Å². The predicted octanol–water partition coefficient (Wildman–Crippen LogP) is 1.52. The molecule has 0 spiro atoms. The van der Waals surface area contributed by atoms with Crippen LogP contribution in [0.2, 0.25) is 0 Å². The molecule has 0 bridgehead atoms. The summed E-state index contributed by atoms with van der Waals surface area (Å²) >= 11 is 0. The lowest BCUT2D eigenvalue weighted by molar-refractivity contribution is -0.114. The maximum Gasteiger partial charge on any atom is 0.274 e. The molecule has 8 nitrogen and oxygen atoms in total. The summed E-state index contributed by atoms with van der Waals surface area (Å²) in [4.78, 5) is 33.9. The Morgan fingerprint density at radius 2 is 1.80 bits per heavy atom. The van der Waals surface area contributed by atoms with Gasteiger partial charge in [0.15, 0.2) is 0 Å². The summed E-state index contributed by atoms with van der Waals surface area (Å²) in [5, 5.41) is 5.45. The summed E-state index contributed by atoms with van der Waals surface area (Å²) < 4.78 is 5.32. The van der Waals surface area contributed by atoms with Crippen molar-refractivity contribution in [1.29, 1.82) is 0 Å². The van der Waals surface area contributed by atoms with Crippen molar-refractivity contribution >= 4 is 29.0 Å². The molecule has 1 aromatic heterocycles. The van der Waals surface area contributed by atoms with Gasteiger partial charge in [-0.05, 0) is 18.2 Å². The van der Waals surface area contributed by atoms with E-state index in [1.807, 2.05) is 0 Å². The molecule has 8 heteroatoms. The van der Waals surface area contributed by atoms with Crippen LogP contribution in [0.1, 0.15) is 17.4 Å². The van der Waals surface area contributed by atoms with E-state index in [4.69, 9.17) is 4.74 Å². The summed E-state index contributed by atoms with van der Waals surface area (Å²) in [6, 6.07) is 8.59. The Kier molecular flexibility index (Phi) is 5.20. The molecule has 0 radical (unpaired) electrons. The number of ether oxygens (including phenoxy) is 1. The Morgan fingerprint density at radius 3 is 2.52 bits per heavy atom. The van der Waals surface area contributed by atoms with E-state index in [1.54, 1.807) is 30.3 Å². The van der Waals surface area contributed by atoms with E-state index in [9.17, 15) is 9.59 Å². The molecular weight excluding hydrogens is 322 g/mol. The first-order valence-electron chi connectivity index (χ1n) is 7.95. The quantitative estimate of drug-likeness (QED) is 0.875. The smallest absolute Gasteiger partial charge is 0.274 e. The van der Waals surface area contributed by atoms with E-state index in [1.165, 1.54) is 13.3 Å². The van der Waals surface area contributed by atoms with Crippen molar-refractivity contribution in [3.05, 3.63) is 42.4 Å². The highest BCUT2D eigenvalue weighted by atomic mass is 16.5. The molecule has 2 amide bonds. The SMILES string of the molecule is CC(=O)Nc1cccc(NC(=O)c2cc(N3CCOCC3)ncn2)c1. The van der Waals surface area contributed by atoms with Crippen LogP contribution >= 0.6 is 0 Å². The van der Waals surface area contributed by atoms with E-state index in [0.717, 1.165) is 13.1 Å². The van der Waals surface area contributed by atoms with Crippen molar-refractivity contribution in [2.75, 3.05) is 41.8 Å². The Balaban J connectivity index is 1.72. The van der Waals surface area contributed by atoms with Gasteiger partial charge in [-0.3, -0.25) is 9.59 Å². The zero-order valence-corrected chi connectivity index (χ0v) is 13.9. The van der Waals surface area contributed by atoms with Crippen molar-refractivity contribution in [2.24, 2.45) is 0 Å². The molecule has 0 saturated carbocycles. The van der Waals surface area contributed by atoms with Crippen LogP contribution in [0.25, 0.3) is 0 Å². The number of nitrogens with one attached hydrogen (secondary N) is 2. The van der Waals surface area contributed by atoms with Crippen LogP contribution in [-0.4, -0.2) is 48.1 Å². The molecule has 1 fully saturated rings. The minimum Gasteiger partial charge on any atom is -0.378 e. The number of hydrogen-bond acceptors (Lipinski definition) is 6. The monoisotopic (exact) mass is 341 g/mol. The Morgan fingerprint density at radius 1 is 1.08 bits per heavy atom. The van der Waals surface area contributed by atoms with Gasteiger partial charge in [0.2, 0.25) is 5.91 Å². The van der Waals surface area contributed by atoms with Gasteiger partial charge >= 0.3 is 0 Å². The largest absolute Gasteiger partial charge is 0.378 e. The number of aromatic nitrogens is 2. The van der Waals surface area contributed by atoms with Crippen LogP contribution in [0.3, 0.4) is 0 Å². The molecule has 0 atom stereocenters. The second-order valence-corrected chi connectivity index (χ2v) is 5.58. The molecule has 2 N–H and O–H groups in total. The second kappa shape index (κ2) is 7.71. The lowest BCUT2D eigenvalue weighted by atomic mass is 10.2. The van der Waals surface area contributed by atoms with Crippen LogP contribution < -0.4 is 15.5 Å². The number of nitrogens with zero attached hydrogens (tertiary/aromatic N) is 3. The standard InChI is InChI=1S/C17H19N5O3/c1-12(23)20-13-3-2-4-14(9-13)21-17(24)15-10-16(19-11-18-15)22-5-7-25-8-6-22/h2-4,9-11H,5-8H2,1H3,(H,20,23)(H,21,24). The molecule has 1 aliphatic rings. The predicted molar refractivity (Wildman–Crippen MR) is 93.8 cm³/mol. The van der Waals surface area contributed by atoms with E-state index >= 15 is 0 Å². The molecule has 1 aromatic carbocycles. The molecule has 2 heterocycles. The highest BCUT2D eigenvalue weighted by Crippen LogP contribution is 2.17. The fraction of sp³-hybridized carbons (Fsp3) is 0.294. The molecule has 25 heavy (non-hydrogen) atoms. The van der Waals surface area contributed by atoms with Gasteiger partial charge < -0.3 is 20.3 Å². The van der Waals surface area contributed by atoms with Gasteiger partial charge in [-0.25, -0.2) is 9.97 Å². The molecule has 2 aromatic rings. The third-order valence-corrected chi connectivity index (χ3v) is 3.66. The number of morpholine rings is 1. The van der Waals surface area contributed by atoms with Gasteiger partial charge in [0.25, 0.3) is 5.91 Å². The summed E-state index contributed by atoms with van der Waals surface area (Å²) in [5.41, 5.74) is 1.46. The van der Waals surface area contributed by atoms with Crippen molar-refractivity contribution in [2.45, 2.75) is 6.92 Å². The molecule has 3 rings (SSSR count). The molecule has 1 saturated heterocycles. The normalized spacial score (nSPS) is 14.0. The number of benzene rings is 1. The first-order chi connectivity index (χ1) is 12.1. The van der Waals surface area contributed by atoms with Gasteiger partial charge in [-0.1, -0.05) is 6.07 Å². The molecule has 1 aliphatic heterocycles. The molecular formula is C17H19N5O3. The van der Waals surface area contributed by atoms with Gasteiger partial charge in [-0.2, -0.15) is 0 Å². The van der Waals surface area contributed by atoms with Gasteiger partial charge in [0.1, 0.15) is 17.8 Å².